The highest BCUT2D eigenvalue weighted by Gasteiger charge is 2.10. The van der Waals surface area contributed by atoms with Crippen molar-refractivity contribution in [1.29, 1.82) is 0 Å². The van der Waals surface area contributed by atoms with Crippen LogP contribution < -0.4 is 31.6 Å². The molecule has 6 N–H and O–H groups in total. The standard InChI is InChI=1S/C17H18N4O2S3.C15H14N4S3/c1-22-10-4-5-12(23-2)11(8-10)19-17-21-14(9-25-17)20-16(18)13-6-7-15(24-3)26-13;1-20-13-8-7-11(22-13)14(16)18-12-9-21-15(19-12)17-10-5-3-2-4-6-10/h4-9H,1-3H3,(H2,18,20)(H,19,21);2-9H,1H3,(H2,16,18)(H,17,19). The average Bonchev–Trinajstić information content (AvgIpc) is 3.94. The van der Waals surface area contributed by atoms with Crippen molar-refractivity contribution in [3.63, 3.8) is 0 Å². The first-order valence-electron chi connectivity index (χ1n) is 14.1. The first kappa shape index (κ1) is 35.3. The zero-order chi connectivity index (χ0) is 33.9. The maximum absolute atomic E-state index is 6.10. The number of hydrogen-bond acceptors (Lipinski definition) is 14. The van der Waals surface area contributed by atoms with E-state index >= 15 is 0 Å². The molecule has 10 nitrogen and oxygen atoms in total. The zero-order valence-electron chi connectivity index (χ0n) is 26.3. The van der Waals surface area contributed by atoms with Crippen LogP contribution in [-0.2, 0) is 0 Å². The Kier molecular flexibility index (Phi) is 12.8. The maximum Gasteiger partial charge on any atom is 0.189 e. The molecule has 16 heteroatoms. The summed E-state index contributed by atoms with van der Waals surface area (Å²) in [5, 5.41) is 11.7. The van der Waals surface area contributed by atoms with Gasteiger partial charge in [0.2, 0.25) is 0 Å². The number of nitrogens with two attached hydrogens (primary N) is 2. The van der Waals surface area contributed by atoms with E-state index in [1.54, 1.807) is 60.4 Å². The molecular formula is C32H32N8O2S6. The highest BCUT2D eigenvalue weighted by Crippen LogP contribution is 2.34. The number of methoxy groups -OCH3 is 2. The molecule has 2 aromatic carbocycles. The first-order valence-corrected chi connectivity index (χ1v) is 19.9. The van der Waals surface area contributed by atoms with Crippen molar-refractivity contribution < 1.29 is 9.47 Å². The molecule has 4 heterocycles. The van der Waals surface area contributed by atoms with Crippen LogP contribution in [0.4, 0.5) is 33.3 Å². The molecule has 0 saturated carbocycles. The van der Waals surface area contributed by atoms with Crippen LogP contribution in [0.1, 0.15) is 9.75 Å². The van der Waals surface area contributed by atoms with E-state index in [9.17, 15) is 0 Å². The second kappa shape index (κ2) is 17.4. The molecule has 0 amide bonds. The van der Waals surface area contributed by atoms with Gasteiger partial charge in [-0.3, -0.25) is 0 Å². The van der Waals surface area contributed by atoms with E-state index < -0.39 is 0 Å². The molecule has 0 bridgehead atoms. The Labute approximate surface area is 303 Å². The summed E-state index contributed by atoms with van der Waals surface area (Å²) in [6, 6.07) is 23.5. The minimum absolute atomic E-state index is 0.464. The smallest absolute Gasteiger partial charge is 0.189 e. The number of aliphatic imine (C=N–C) groups is 2. The van der Waals surface area contributed by atoms with Crippen LogP contribution in [-0.4, -0.2) is 48.4 Å². The van der Waals surface area contributed by atoms with E-state index in [1.165, 1.54) is 31.1 Å². The lowest BCUT2D eigenvalue weighted by Crippen LogP contribution is -2.10. The quantitative estimate of drug-likeness (QED) is 0.0542. The number of nitrogens with zero attached hydrogens (tertiary/aromatic N) is 4. The van der Waals surface area contributed by atoms with Crippen molar-refractivity contribution in [2.45, 2.75) is 8.42 Å². The minimum Gasteiger partial charge on any atom is -0.497 e. The SMILES string of the molecule is COc1ccc(OC)c(Nc2nc(N=C(N)c3ccc(SC)s3)cs2)c1.CSc1ccc(C(N)=Nc2csc(Nc3ccccc3)n2)s1. The lowest BCUT2D eigenvalue weighted by atomic mass is 10.2. The summed E-state index contributed by atoms with van der Waals surface area (Å²) in [5.74, 6) is 3.59. The fourth-order valence-electron chi connectivity index (χ4n) is 3.91. The lowest BCUT2D eigenvalue weighted by molar-refractivity contribution is 0.405. The van der Waals surface area contributed by atoms with Crippen LogP contribution >= 0.6 is 68.9 Å². The van der Waals surface area contributed by atoms with E-state index in [0.717, 1.165) is 32.0 Å². The molecule has 0 atom stereocenters. The predicted molar refractivity (Wildman–Crippen MR) is 210 cm³/mol. The summed E-state index contributed by atoms with van der Waals surface area (Å²) in [6.45, 7) is 0. The molecule has 0 unspecified atom stereocenters. The maximum atomic E-state index is 6.10. The van der Waals surface area contributed by atoms with Gasteiger partial charge < -0.3 is 31.6 Å². The summed E-state index contributed by atoms with van der Waals surface area (Å²) in [6.07, 6.45) is 4.08. The van der Waals surface area contributed by atoms with Crippen molar-refractivity contribution in [3.05, 3.63) is 93.3 Å². The monoisotopic (exact) mass is 752 g/mol. The van der Waals surface area contributed by atoms with E-state index in [2.05, 4.69) is 36.7 Å². The number of thiophene rings is 2. The number of hydrogen-bond donors (Lipinski definition) is 4. The molecule has 6 rings (SSSR count). The zero-order valence-corrected chi connectivity index (χ0v) is 31.2. The van der Waals surface area contributed by atoms with E-state index in [4.69, 9.17) is 20.9 Å². The van der Waals surface area contributed by atoms with E-state index in [0.29, 0.717) is 34.2 Å². The fourth-order valence-corrected chi connectivity index (χ4v) is 8.09. The molecule has 0 aliphatic heterocycles. The summed E-state index contributed by atoms with van der Waals surface area (Å²) < 4.78 is 13.0. The Bertz CT molecular complexity index is 1980. The number of thiazole rings is 2. The van der Waals surface area contributed by atoms with Crippen molar-refractivity contribution >= 4 is 114 Å². The third kappa shape index (κ3) is 9.74. The van der Waals surface area contributed by atoms with Crippen molar-refractivity contribution in [3.8, 4) is 11.5 Å². The number of thioether (sulfide) groups is 2. The number of rotatable bonds is 12. The number of benzene rings is 2. The Morgan fingerprint density at radius 2 is 1.27 bits per heavy atom. The van der Waals surface area contributed by atoms with E-state index in [-0.39, 0.29) is 0 Å². The van der Waals surface area contributed by atoms with Gasteiger partial charge in [-0.15, -0.1) is 68.9 Å². The number of aromatic nitrogens is 2. The van der Waals surface area contributed by atoms with Crippen LogP contribution in [0.25, 0.3) is 0 Å². The first-order chi connectivity index (χ1) is 23.4. The molecule has 0 aliphatic rings. The fraction of sp³-hybridized carbons (Fsp3) is 0.125. The number of anilines is 4. The number of nitrogens with one attached hydrogen (secondary N) is 2. The highest BCUT2D eigenvalue weighted by molar-refractivity contribution is 8.00. The second-order valence-electron chi connectivity index (χ2n) is 9.34. The van der Waals surface area contributed by atoms with Gasteiger partial charge in [0.1, 0.15) is 23.2 Å². The molecule has 248 valence electrons. The van der Waals surface area contributed by atoms with Crippen molar-refractivity contribution in [2.24, 2.45) is 21.5 Å². The third-order valence-electron chi connectivity index (χ3n) is 6.20. The number of para-hydroxylation sites is 1. The normalized spacial score (nSPS) is 11.5. The van der Waals surface area contributed by atoms with Crippen LogP contribution in [0, 0.1) is 0 Å². The van der Waals surface area contributed by atoms with Crippen LogP contribution in [0.3, 0.4) is 0 Å². The Morgan fingerprint density at radius 1 is 0.708 bits per heavy atom. The van der Waals surface area contributed by atoms with Gasteiger partial charge in [-0.2, -0.15) is 0 Å². The lowest BCUT2D eigenvalue weighted by Gasteiger charge is -2.10. The molecule has 0 spiro atoms. The van der Waals surface area contributed by atoms with Gasteiger partial charge in [0.25, 0.3) is 0 Å². The predicted octanol–water partition coefficient (Wildman–Crippen LogP) is 9.43. The molecule has 6 aromatic rings. The van der Waals surface area contributed by atoms with Crippen LogP contribution in [0.15, 0.2) is 102 Å². The molecule has 4 aromatic heterocycles. The summed E-state index contributed by atoms with van der Waals surface area (Å²) in [5.41, 5.74) is 13.9. The van der Waals surface area contributed by atoms with Gasteiger partial charge >= 0.3 is 0 Å². The molecule has 0 aliphatic carbocycles. The van der Waals surface area contributed by atoms with Gasteiger partial charge in [0.05, 0.1) is 38.1 Å². The molecule has 0 radical (unpaired) electrons. The Morgan fingerprint density at radius 3 is 1.77 bits per heavy atom. The van der Waals surface area contributed by atoms with Gasteiger partial charge in [-0.05, 0) is 61.0 Å². The number of ether oxygens (including phenoxy) is 2. The van der Waals surface area contributed by atoms with Crippen LogP contribution in [0.2, 0.25) is 0 Å². The van der Waals surface area contributed by atoms with Crippen molar-refractivity contribution in [2.75, 3.05) is 37.4 Å². The van der Waals surface area contributed by atoms with Gasteiger partial charge in [0, 0.05) is 22.5 Å². The minimum atomic E-state index is 0.464. The average molecular weight is 753 g/mol. The van der Waals surface area contributed by atoms with Crippen LogP contribution in [0.5, 0.6) is 11.5 Å². The molecule has 48 heavy (non-hydrogen) atoms. The topological polar surface area (TPSA) is 145 Å². The largest absolute Gasteiger partial charge is 0.497 e. The Hall–Kier alpha value is -4.06. The summed E-state index contributed by atoms with van der Waals surface area (Å²) >= 11 is 9.59. The number of amidine groups is 2. The van der Waals surface area contributed by atoms with Crippen molar-refractivity contribution in [1.82, 2.24) is 9.97 Å². The summed E-state index contributed by atoms with van der Waals surface area (Å²) in [7, 11) is 3.24. The summed E-state index contributed by atoms with van der Waals surface area (Å²) in [4.78, 5) is 19.6. The highest BCUT2D eigenvalue weighted by atomic mass is 32.2. The van der Waals surface area contributed by atoms with Gasteiger partial charge in [0.15, 0.2) is 21.9 Å². The third-order valence-corrected chi connectivity index (χ3v) is 12.1. The van der Waals surface area contributed by atoms with Gasteiger partial charge in [-0.1, -0.05) is 18.2 Å². The molecule has 0 saturated heterocycles. The Balaban J connectivity index is 0.000000190. The van der Waals surface area contributed by atoms with Gasteiger partial charge in [-0.25, -0.2) is 20.0 Å². The van der Waals surface area contributed by atoms with E-state index in [1.807, 2.05) is 90.0 Å². The molecule has 0 fully saturated rings. The second-order valence-corrected chi connectivity index (χ2v) is 15.4. The molecular weight excluding hydrogens is 721 g/mol.